The molecule has 0 aromatic heterocycles. The van der Waals surface area contributed by atoms with Crippen LogP contribution >= 0.6 is 0 Å². The first kappa shape index (κ1) is 14.5. The van der Waals surface area contributed by atoms with E-state index in [-0.39, 0.29) is 6.42 Å². The first-order valence-corrected chi connectivity index (χ1v) is 4.47. The topological polar surface area (TPSA) is 78.4 Å². The molecule has 0 aromatic carbocycles. The van der Waals surface area contributed by atoms with Crippen molar-refractivity contribution in [3.05, 3.63) is 0 Å². The highest BCUT2D eigenvalue weighted by Crippen LogP contribution is 2.12. The summed E-state index contributed by atoms with van der Waals surface area (Å²) in [6, 6.07) is -1.16. The maximum Gasteiger partial charge on any atom is 0.405 e. The van der Waals surface area contributed by atoms with Crippen LogP contribution in [-0.2, 0) is 4.79 Å². The van der Waals surface area contributed by atoms with E-state index in [1.165, 1.54) is 19.2 Å². The van der Waals surface area contributed by atoms with E-state index in [0.29, 0.717) is 0 Å². The fourth-order valence-electron chi connectivity index (χ4n) is 0.768. The predicted molar refractivity (Wildman–Crippen MR) is 48.9 cm³/mol. The van der Waals surface area contributed by atoms with Gasteiger partial charge in [0.2, 0.25) is 0 Å². The molecule has 1 atom stereocenters. The van der Waals surface area contributed by atoms with E-state index in [4.69, 9.17) is 5.11 Å². The van der Waals surface area contributed by atoms with E-state index in [2.05, 4.69) is 0 Å². The Morgan fingerprint density at radius 3 is 2.12 bits per heavy atom. The lowest BCUT2D eigenvalue weighted by Crippen LogP contribution is -2.55. The fraction of sp³-hybridized carbons (Fsp3) is 0.750. The molecule has 0 rings (SSSR count). The van der Waals surface area contributed by atoms with Crippen molar-refractivity contribution < 1.29 is 27.9 Å². The summed E-state index contributed by atoms with van der Waals surface area (Å²) in [6.07, 6.45) is -4.47. The van der Waals surface area contributed by atoms with Gasteiger partial charge in [0.05, 0.1) is 0 Å². The van der Waals surface area contributed by atoms with Crippen LogP contribution in [0.1, 0.15) is 20.3 Å². The Balaban J connectivity index is 4.28. The number of hydrogen-bond donors (Lipinski definition) is 3. The molecule has 5 nitrogen and oxygen atoms in total. The molecule has 0 aromatic rings. The van der Waals surface area contributed by atoms with Gasteiger partial charge in [-0.1, -0.05) is 6.92 Å². The summed E-state index contributed by atoms with van der Waals surface area (Å²) in [6.45, 7) is 1.21. The number of amides is 2. The van der Waals surface area contributed by atoms with Crippen LogP contribution in [0.5, 0.6) is 0 Å². The molecule has 1 unspecified atom stereocenters. The molecule has 16 heavy (non-hydrogen) atoms. The number of urea groups is 1. The van der Waals surface area contributed by atoms with Gasteiger partial charge < -0.3 is 15.7 Å². The van der Waals surface area contributed by atoms with Gasteiger partial charge in [0.25, 0.3) is 0 Å². The molecule has 0 radical (unpaired) electrons. The van der Waals surface area contributed by atoms with E-state index in [0.717, 1.165) is 0 Å². The van der Waals surface area contributed by atoms with Crippen molar-refractivity contribution in [3.63, 3.8) is 0 Å². The lowest BCUT2D eigenvalue weighted by molar-refractivity contribution is -0.143. The minimum Gasteiger partial charge on any atom is -0.480 e. The molecule has 0 aliphatic heterocycles. The third-order valence-electron chi connectivity index (χ3n) is 2.02. The number of rotatable bonds is 4. The van der Waals surface area contributed by atoms with Crippen molar-refractivity contribution in [3.8, 4) is 0 Å². The SMILES string of the molecule is CCC(C)(NC(=O)NCC(F)(F)F)C(=O)O. The second-order valence-corrected chi connectivity index (χ2v) is 3.41. The minimum atomic E-state index is -4.52. The normalized spacial score (nSPS) is 15.1. The average molecular weight is 242 g/mol. The molecule has 0 aliphatic rings. The zero-order valence-electron chi connectivity index (χ0n) is 8.81. The molecule has 0 heterocycles. The van der Waals surface area contributed by atoms with Crippen LogP contribution in [0, 0.1) is 0 Å². The van der Waals surface area contributed by atoms with Crippen molar-refractivity contribution in [1.29, 1.82) is 0 Å². The van der Waals surface area contributed by atoms with Gasteiger partial charge in [0.1, 0.15) is 12.1 Å². The molecule has 0 saturated carbocycles. The number of halogens is 3. The molecule has 94 valence electrons. The van der Waals surface area contributed by atoms with E-state index in [9.17, 15) is 22.8 Å². The van der Waals surface area contributed by atoms with Crippen molar-refractivity contribution in [2.24, 2.45) is 0 Å². The molecule has 2 amide bonds. The van der Waals surface area contributed by atoms with Crippen LogP contribution < -0.4 is 10.6 Å². The highest BCUT2D eigenvalue weighted by molar-refractivity contribution is 5.85. The monoisotopic (exact) mass is 242 g/mol. The molecular weight excluding hydrogens is 229 g/mol. The number of carbonyl (C=O) groups is 2. The number of carboxylic acids is 1. The number of alkyl halides is 3. The predicted octanol–water partition coefficient (Wildman–Crippen LogP) is 1.10. The fourth-order valence-corrected chi connectivity index (χ4v) is 0.768. The Morgan fingerprint density at radius 1 is 1.31 bits per heavy atom. The zero-order valence-corrected chi connectivity index (χ0v) is 8.81. The molecule has 0 fully saturated rings. The summed E-state index contributed by atoms with van der Waals surface area (Å²) in [5, 5.41) is 12.2. The summed E-state index contributed by atoms with van der Waals surface area (Å²) in [4.78, 5) is 21.7. The van der Waals surface area contributed by atoms with Crippen molar-refractivity contribution in [2.75, 3.05) is 6.54 Å². The van der Waals surface area contributed by atoms with Crippen LogP contribution in [-0.4, -0.2) is 35.4 Å². The molecular formula is C8H13F3N2O3. The maximum absolute atomic E-state index is 11.7. The first-order valence-electron chi connectivity index (χ1n) is 4.47. The third-order valence-corrected chi connectivity index (χ3v) is 2.02. The zero-order chi connectivity index (χ0) is 13.0. The lowest BCUT2D eigenvalue weighted by Gasteiger charge is -2.24. The van der Waals surface area contributed by atoms with Gasteiger partial charge >= 0.3 is 18.2 Å². The summed E-state index contributed by atoms with van der Waals surface area (Å²) in [5.74, 6) is -1.31. The molecule has 3 N–H and O–H groups in total. The Kier molecular flexibility index (Phi) is 4.58. The summed E-state index contributed by atoms with van der Waals surface area (Å²) >= 11 is 0. The quantitative estimate of drug-likeness (QED) is 0.690. The number of aliphatic carboxylic acids is 1. The van der Waals surface area contributed by atoms with Crippen molar-refractivity contribution >= 4 is 12.0 Å². The Labute approximate surface area is 90.0 Å². The second-order valence-electron chi connectivity index (χ2n) is 3.41. The van der Waals surface area contributed by atoms with Crippen LogP contribution in [0.25, 0.3) is 0 Å². The number of hydrogen-bond acceptors (Lipinski definition) is 2. The molecule has 0 aliphatic carbocycles. The number of carboxylic acid groups (broad SMARTS) is 1. The summed E-state index contributed by atoms with van der Waals surface area (Å²) < 4.78 is 35.2. The van der Waals surface area contributed by atoms with Crippen molar-refractivity contribution in [2.45, 2.75) is 32.0 Å². The highest BCUT2D eigenvalue weighted by atomic mass is 19.4. The first-order chi connectivity index (χ1) is 7.10. The smallest absolute Gasteiger partial charge is 0.405 e. The van der Waals surface area contributed by atoms with Crippen LogP contribution in [0.2, 0.25) is 0 Å². The molecule has 0 saturated heterocycles. The van der Waals surface area contributed by atoms with Crippen LogP contribution in [0.3, 0.4) is 0 Å². The average Bonchev–Trinajstić information content (AvgIpc) is 2.13. The molecule has 8 heteroatoms. The van der Waals surface area contributed by atoms with Crippen LogP contribution in [0.4, 0.5) is 18.0 Å². The van der Waals surface area contributed by atoms with E-state index in [1.54, 1.807) is 0 Å². The standard InChI is InChI=1S/C8H13F3N2O3/c1-3-7(2,5(14)15)13-6(16)12-4-8(9,10)11/h3-4H2,1-2H3,(H,14,15)(H2,12,13,16). The van der Waals surface area contributed by atoms with Gasteiger partial charge in [0, 0.05) is 0 Å². The Morgan fingerprint density at radius 2 is 1.81 bits per heavy atom. The van der Waals surface area contributed by atoms with E-state index >= 15 is 0 Å². The molecule has 0 spiro atoms. The van der Waals surface area contributed by atoms with Gasteiger partial charge in [-0.2, -0.15) is 13.2 Å². The maximum atomic E-state index is 11.7. The lowest BCUT2D eigenvalue weighted by atomic mass is 10.00. The van der Waals surface area contributed by atoms with E-state index in [1.807, 2.05) is 5.32 Å². The Bertz CT molecular complexity index is 280. The minimum absolute atomic E-state index is 0.0573. The van der Waals surface area contributed by atoms with Gasteiger partial charge in [-0.05, 0) is 13.3 Å². The summed E-state index contributed by atoms with van der Waals surface area (Å²) in [5.41, 5.74) is -1.57. The van der Waals surface area contributed by atoms with Gasteiger partial charge in [-0.15, -0.1) is 0 Å². The largest absolute Gasteiger partial charge is 0.480 e. The van der Waals surface area contributed by atoms with Gasteiger partial charge in [-0.25, -0.2) is 9.59 Å². The second kappa shape index (κ2) is 5.04. The van der Waals surface area contributed by atoms with Crippen molar-refractivity contribution in [1.82, 2.24) is 10.6 Å². The van der Waals surface area contributed by atoms with E-state index < -0.39 is 30.3 Å². The summed E-state index contributed by atoms with van der Waals surface area (Å²) in [7, 11) is 0. The number of carbonyl (C=O) groups excluding carboxylic acids is 1. The van der Waals surface area contributed by atoms with Gasteiger partial charge in [-0.3, -0.25) is 0 Å². The highest BCUT2D eigenvalue weighted by Gasteiger charge is 2.34. The van der Waals surface area contributed by atoms with Gasteiger partial charge in [0.15, 0.2) is 0 Å². The number of nitrogens with one attached hydrogen (secondary N) is 2. The Hall–Kier alpha value is -1.47. The van der Waals surface area contributed by atoms with Crippen LogP contribution in [0.15, 0.2) is 0 Å². The molecule has 0 bridgehead atoms. The third kappa shape index (κ3) is 4.85.